The second-order valence-corrected chi connectivity index (χ2v) is 9.48. The maximum Gasteiger partial charge on any atom is 0.244 e. The molecular formula is C23H33FN4OS. The number of likely N-dealkylation sites (N-methyl/N-ethyl adjacent to an activating group) is 1. The first kappa shape index (κ1) is 22.7. The minimum absolute atomic E-state index is 0.0180. The van der Waals surface area contributed by atoms with E-state index in [1.54, 1.807) is 28.4 Å². The zero-order valence-electron chi connectivity index (χ0n) is 18.6. The van der Waals surface area contributed by atoms with Gasteiger partial charge < -0.3 is 9.80 Å². The zero-order valence-corrected chi connectivity index (χ0v) is 19.5. The molecule has 1 atom stereocenters. The van der Waals surface area contributed by atoms with E-state index in [1.807, 2.05) is 24.4 Å². The maximum absolute atomic E-state index is 13.6. The van der Waals surface area contributed by atoms with E-state index in [0.717, 1.165) is 23.8 Å². The number of anilines is 2. The van der Waals surface area contributed by atoms with Crippen LogP contribution in [0.2, 0.25) is 0 Å². The summed E-state index contributed by atoms with van der Waals surface area (Å²) in [7, 11) is 3.87. The predicted octanol–water partition coefficient (Wildman–Crippen LogP) is 4.78. The lowest BCUT2D eigenvalue weighted by Crippen LogP contribution is -2.46. The first-order valence-corrected chi connectivity index (χ1v) is 11.6. The van der Waals surface area contributed by atoms with Gasteiger partial charge in [0, 0.05) is 23.7 Å². The lowest BCUT2D eigenvalue weighted by molar-refractivity contribution is -0.123. The number of benzene rings is 1. The van der Waals surface area contributed by atoms with E-state index in [-0.39, 0.29) is 17.8 Å². The monoisotopic (exact) mass is 432 g/mol. The number of aromatic nitrogens is 1. The quantitative estimate of drug-likeness (QED) is 0.542. The average molecular weight is 433 g/mol. The predicted molar refractivity (Wildman–Crippen MR) is 123 cm³/mol. The van der Waals surface area contributed by atoms with Gasteiger partial charge in [-0.1, -0.05) is 13.8 Å². The molecular weight excluding hydrogens is 399 g/mol. The molecule has 0 aliphatic heterocycles. The summed E-state index contributed by atoms with van der Waals surface area (Å²) in [6, 6.07) is 6.51. The molecule has 1 saturated carbocycles. The summed E-state index contributed by atoms with van der Waals surface area (Å²) in [5.74, 6) is 0.0970. The number of carbonyl (C=O) groups is 1. The Kier molecular flexibility index (Phi) is 7.47. The van der Waals surface area contributed by atoms with Gasteiger partial charge in [-0.3, -0.25) is 9.69 Å². The number of amides is 1. The lowest BCUT2D eigenvalue weighted by atomic mass is 10.0. The van der Waals surface area contributed by atoms with Gasteiger partial charge in [-0.15, -0.1) is 11.3 Å². The third kappa shape index (κ3) is 5.58. The highest BCUT2D eigenvalue weighted by atomic mass is 32.1. The molecule has 2 aromatic rings. The summed E-state index contributed by atoms with van der Waals surface area (Å²) in [5.41, 5.74) is 1.56. The Labute approximate surface area is 183 Å². The Morgan fingerprint density at radius 2 is 1.90 bits per heavy atom. The van der Waals surface area contributed by atoms with Crippen LogP contribution in [0.15, 0.2) is 29.6 Å². The molecule has 7 heteroatoms. The third-order valence-corrected chi connectivity index (χ3v) is 6.37. The summed E-state index contributed by atoms with van der Waals surface area (Å²) in [6.45, 7) is 7.72. The fourth-order valence-electron chi connectivity index (χ4n) is 3.68. The first-order valence-electron chi connectivity index (χ1n) is 10.7. The maximum atomic E-state index is 13.6. The SMILES string of the molecule is CCN(c1nc(CN(C(=O)[C@@H](CC(C)C)N(C)C)c2ccc(F)cc2)cs1)C1CC1. The van der Waals surface area contributed by atoms with Crippen molar-refractivity contribution >= 4 is 28.1 Å². The van der Waals surface area contributed by atoms with Crippen molar-refractivity contribution in [2.75, 3.05) is 30.4 Å². The number of rotatable bonds is 10. The van der Waals surface area contributed by atoms with Gasteiger partial charge >= 0.3 is 0 Å². The van der Waals surface area contributed by atoms with E-state index in [0.29, 0.717) is 24.2 Å². The molecule has 1 aliphatic rings. The Balaban J connectivity index is 1.87. The molecule has 1 aromatic carbocycles. The van der Waals surface area contributed by atoms with E-state index in [1.165, 1.54) is 25.0 Å². The molecule has 5 nitrogen and oxygen atoms in total. The molecule has 1 aliphatic carbocycles. The molecule has 1 amide bonds. The van der Waals surface area contributed by atoms with Crippen molar-refractivity contribution < 1.29 is 9.18 Å². The Morgan fingerprint density at radius 3 is 2.43 bits per heavy atom. The zero-order chi connectivity index (χ0) is 21.8. The molecule has 164 valence electrons. The largest absolute Gasteiger partial charge is 0.345 e. The molecule has 0 unspecified atom stereocenters. The minimum atomic E-state index is -0.309. The van der Waals surface area contributed by atoms with Crippen molar-refractivity contribution in [3.63, 3.8) is 0 Å². The Hall–Kier alpha value is -1.99. The molecule has 30 heavy (non-hydrogen) atoms. The third-order valence-electron chi connectivity index (χ3n) is 5.44. The summed E-state index contributed by atoms with van der Waals surface area (Å²) in [4.78, 5) is 24.5. The van der Waals surface area contributed by atoms with Crippen LogP contribution in [0.4, 0.5) is 15.2 Å². The molecule has 1 aromatic heterocycles. The number of carbonyl (C=O) groups excluding carboxylic acids is 1. The number of hydrogen-bond donors (Lipinski definition) is 0. The molecule has 1 fully saturated rings. The van der Waals surface area contributed by atoms with Crippen LogP contribution in [0.5, 0.6) is 0 Å². The number of hydrogen-bond acceptors (Lipinski definition) is 5. The van der Waals surface area contributed by atoms with E-state index >= 15 is 0 Å². The number of thiazole rings is 1. The van der Waals surface area contributed by atoms with Crippen molar-refractivity contribution in [2.45, 2.75) is 58.7 Å². The molecule has 1 heterocycles. The number of nitrogens with zero attached hydrogens (tertiary/aromatic N) is 4. The molecule has 0 saturated heterocycles. The van der Waals surface area contributed by atoms with Crippen LogP contribution < -0.4 is 9.80 Å². The van der Waals surface area contributed by atoms with Crippen molar-refractivity contribution in [3.8, 4) is 0 Å². The summed E-state index contributed by atoms with van der Waals surface area (Å²) in [5, 5.41) is 3.06. The first-order chi connectivity index (χ1) is 14.3. The second-order valence-electron chi connectivity index (χ2n) is 8.65. The number of halogens is 1. The van der Waals surface area contributed by atoms with Crippen LogP contribution in [-0.2, 0) is 11.3 Å². The van der Waals surface area contributed by atoms with Crippen molar-refractivity contribution in [2.24, 2.45) is 5.92 Å². The van der Waals surface area contributed by atoms with Gasteiger partial charge in [0.1, 0.15) is 5.82 Å². The van der Waals surface area contributed by atoms with Gasteiger partial charge in [-0.2, -0.15) is 0 Å². The highest BCUT2D eigenvalue weighted by Gasteiger charge is 2.31. The molecule has 0 radical (unpaired) electrons. The molecule has 0 bridgehead atoms. The van der Waals surface area contributed by atoms with Crippen molar-refractivity contribution in [1.82, 2.24) is 9.88 Å². The van der Waals surface area contributed by atoms with Crippen LogP contribution in [0.1, 0.15) is 45.7 Å². The minimum Gasteiger partial charge on any atom is -0.345 e. The van der Waals surface area contributed by atoms with E-state index < -0.39 is 0 Å². The highest BCUT2D eigenvalue weighted by Crippen LogP contribution is 2.33. The van der Waals surface area contributed by atoms with Gasteiger partial charge in [0.2, 0.25) is 5.91 Å². The van der Waals surface area contributed by atoms with Gasteiger partial charge in [-0.25, -0.2) is 9.37 Å². The van der Waals surface area contributed by atoms with Crippen LogP contribution >= 0.6 is 11.3 Å². The molecule has 0 spiro atoms. The van der Waals surface area contributed by atoms with E-state index in [4.69, 9.17) is 4.98 Å². The second kappa shape index (κ2) is 9.88. The van der Waals surface area contributed by atoms with Gasteiger partial charge in [0.05, 0.1) is 18.3 Å². The summed E-state index contributed by atoms with van der Waals surface area (Å²) >= 11 is 1.63. The van der Waals surface area contributed by atoms with Crippen molar-refractivity contribution in [3.05, 3.63) is 41.2 Å². The molecule has 0 N–H and O–H groups in total. The van der Waals surface area contributed by atoms with Crippen LogP contribution in [0.25, 0.3) is 0 Å². The van der Waals surface area contributed by atoms with Crippen LogP contribution in [0.3, 0.4) is 0 Å². The Bertz CT molecular complexity index is 832. The van der Waals surface area contributed by atoms with Gasteiger partial charge in [0.25, 0.3) is 0 Å². The fourth-order valence-corrected chi connectivity index (χ4v) is 4.63. The Morgan fingerprint density at radius 1 is 1.23 bits per heavy atom. The van der Waals surface area contributed by atoms with Gasteiger partial charge in [0.15, 0.2) is 5.13 Å². The van der Waals surface area contributed by atoms with Crippen LogP contribution in [0, 0.1) is 11.7 Å². The molecule has 3 rings (SSSR count). The summed E-state index contributed by atoms with van der Waals surface area (Å²) in [6.07, 6.45) is 3.21. The van der Waals surface area contributed by atoms with Gasteiger partial charge in [-0.05, 0) is 70.5 Å². The lowest BCUT2D eigenvalue weighted by Gasteiger charge is -2.31. The topological polar surface area (TPSA) is 39.7 Å². The normalized spacial score (nSPS) is 14.9. The van der Waals surface area contributed by atoms with Crippen molar-refractivity contribution in [1.29, 1.82) is 0 Å². The van der Waals surface area contributed by atoms with Crippen LogP contribution in [-0.4, -0.2) is 48.5 Å². The average Bonchev–Trinajstić information content (AvgIpc) is 3.43. The van der Waals surface area contributed by atoms with E-state index in [2.05, 4.69) is 25.7 Å². The standard InChI is InChI=1S/C23H33FN4OS/c1-6-27(19-11-12-19)23-25-18(15-30-23)14-28(20-9-7-17(24)8-10-20)22(29)21(26(4)5)13-16(2)3/h7-10,15-16,19,21H,6,11-14H2,1-5H3/t21-/m1/s1. The smallest absolute Gasteiger partial charge is 0.244 e. The van der Waals surface area contributed by atoms with E-state index in [9.17, 15) is 9.18 Å². The highest BCUT2D eigenvalue weighted by molar-refractivity contribution is 7.13. The summed E-state index contributed by atoms with van der Waals surface area (Å²) < 4.78 is 13.5. The fraction of sp³-hybridized carbons (Fsp3) is 0.565.